The molecule has 1 aromatic heterocycles. The van der Waals surface area contributed by atoms with Crippen LogP contribution >= 0.6 is 0 Å². The Hall–Kier alpha value is -1.22. The van der Waals surface area contributed by atoms with E-state index >= 15 is 0 Å². The zero-order chi connectivity index (χ0) is 11.8. The summed E-state index contributed by atoms with van der Waals surface area (Å²) in [5.41, 5.74) is 0.856. The Bertz CT molecular complexity index is 311. The number of nitrogens with zero attached hydrogens (tertiary/aromatic N) is 1. The van der Waals surface area contributed by atoms with Gasteiger partial charge in [0.05, 0.1) is 0 Å². The first kappa shape index (κ1) is 12.8. The first-order valence-electron chi connectivity index (χ1n) is 5.83. The molecule has 88 valence electrons. The van der Waals surface area contributed by atoms with Crippen molar-refractivity contribution >= 4 is 5.78 Å². The van der Waals surface area contributed by atoms with E-state index in [9.17, 15) is 4.79 Å². The van der Waals surface area contributed by atoms with Crippen molar-refractivity contribution < 1.29 is 9.53 Å². The van der Waals surface area contributed by atoms with Gasteiger partial charge >= 0.3 is 0 Å². The molecule has 1 aromatic rings. The van der Waals surface area contributed by atoms with E-state index in [1.54, 1.807) is 12.4 Å². The van der Waals surface area contributed by atoms with Crippen molar-refractivity contribution in [1.29, 1.82) is 0 Å². The van der Waals surface area contributed by atoms with E-state index < -0.39 is 6.10 Å². The lowest BCUT2D eigenvalue weighted by atomic mass is 10.0. The maximum Gasteiger partial charge on any atom is 0.166 e. The van der Waals surface area contributed by atoms with Crippen LogP contribution in [-0.4, -0.2) is 17.4 Å². The van der Waals surface area contributed by atoms with Crippen LogP contribution in [0.2, 0.25) is 0 Å². The quantitative estimate of drug-likeness (QED) is 0.710. The molecule has 3 heteroatoms. The van der Waals surface area contributed by atoms with Crippen LogP contribution in [0.15, 0.2) is 24.5 Å². The van der Waals surface area contributed by atoms with Gasteiger partial charge in [-0.05, 0) is 18.9 Å². The van der Waals surface area contributed by atoms with Gasteiger partial charge in [0.15, 0.2) is 5.78 Å². The molecule has 1 heterocycles. The number of hydrogen-bond acceptors (Lipinski definition) is 3. The van der Waals surface area contributed by atoms with Gasteiger partial charge in [-0.3, -0.25) is 9.78 Å². The van der Waals surface area contributed by atoms with E-state index in [0.717, 1.165) is 18.4 Å². The normalized spacial score (nSPS) is 12.4. The number of pyridine rings is 1. The molecule has 0 amide bonds. The van der Waals surface area contributed by atoms with Crippen molar-refractivity contribution in [2.45, 2.75) is 39.2 Å². The zero-order valence-corrected chi connectivity index (χ0v) is 9.98. The summed E-state index contributed by atoms with van der Waals surface area (Å²) < 4.78 is 5.60. The molecule has 16 heavy (non-hydrogen) atoms. The smallest absolute Gasteiger partial charge is 0.166 e. The molecule has 0 aliphatic carbocycles. The summed E-state index contributed by atoms with van der Waals surface area (Å²) in [5.74, 6) is 0.143. The maximum absolute atomic E-state index is 11.9. The Kier molecular flexibility index (Phi) is 5.72. The molecular formula is C13H19NO2. The lowest BCUT2D eigenvalue weighted by Crippen LogP contribution is -2.16. The highest BCUT2D eigenvalue weighted by Crippen LogP contribution is 2.19. The first-order chi connectivity index (χ1) is 7.79. The third-order valence-electron chi connectivity index (χ3n) is 2.26. The van der Waals surface area contributed by atoms with E-state index in [0.29, 0.717) is 13.0 Å². The standard InChI is InChI=1S/C13H19NO2/c1-3-6-12(15)13(16-9-4-2)11-7-5-8-14-10-11/h5,7-8,10,13H,3-4,6,9H2,1-2H3. The van der Waals surface area contributed by atoms with Gasteiger partial charge in [0.2, 0.25) is 0 Å². The second-order valence-corrected chi connectivity index (χ2v) is 3.75. The molecule has 0 spiro atoms. The van der Waals surface area contributed by atoms with Crippen molar-refractivity contribution in [3.8, 4) is 0 Å². The monoisotopic (exact) mass is 221 g/mol. The van der Waals surface area contributed by atoms with Crippen molar-refractivity contribution in [1.82, 2.24) is 4.98 Å². The van der Waals surface area contributed by atoms with E-state index in [1.165, 1.54) is 0 Å². The van der Waals surface area contributed by atoms with Crippen LogP contribution in [-0.2, 0) is 9.53 Å². The molecule has 0 saturated carbocycles. The lowest BCUT2D eigenvalue weighted by Gasteiger charge is -2.16. The molecule has 0 aromatic carbocycles. The Labute approximate surface area is 96.8 Å². The second kappa shape index (κ2) is 7.12. The number of hydrogen-bond donors (Lipinski definition) is 0. The molecule has 0 fully saturated rings. The van der Waals surface area contributed by atoms with Gasteiger partial charge in [0.25, 0.3) is 0 Å². The number of rotatable bonds is 7. The SMILES string of the molecule is CCCOC(C(=O)CCC)c1cccnc1. The molecule has 0 radical (unpaired) electrons. The van der Waals surface area contributed by atoms with Gasteiger partial charge in [-0.2, -0.15) is 0 Å². The van der Waals surface area contributed by atoms with Crippen LogP contribution in [0.3, 0.4) is 0 Å². The number of ether oxygens (including phenoxy) is 1. The van der Waals surface area contributed by atoms with Crippen molar-refractivity contribution in [2.24, 2.45) is 0 Å². The third-order valence-corrected chi connectivity index (χ3v) is 2.26. The highest BCUT2D eigenvalue weighted by atomic mass is 16.5. The highest BCUT2D eigenvalue weighted by Gasteiger charge is 2.19. The fourth-order valence-corrected chi connectivity index (χ4v) is 1.52. The number of Topliss-reactive ketones (excluding diaryl/α,β-unsaturated/α-hetero) is 1. The fraction of sp³-hybridized carbons (Fsp3) is 0.538. The first-order valence-corrected chi connectivity index (χ1v) is 5.83. The molecule has 0 aliphatic rings. The van der Waals surface area contributed by atoms with Gasteiger partial charge in [0.1, 0.15) is 6.10 Å². The van der Waals surface area contributed by atoms with Crippen LogP contribution in [0.25, 0.3) is 0 Å². The highest BCUT2D eigenvalue weighted by molar-refractivity contribution is 5.84. The van der Waals surface area contributed by atoms with Gasteiger partial charge < -0.3 is 4.74 Å². The predicted molar refractivity (Wildman–Crippen MR) is 63.1 cm³/mol. The molecule has 0 bridgehead atoms. The van der Waals surface area contributed by atoms with E-state index in [1.807, 2.05) is 26.0 Å². The predicted octanol–water partition coefficient (Wildman–Crippen LogP) is 2.92. The Morgan fingerprint density at radius 3 is 2.81 bits per heavy atom. The van der Waals surface area contributed by atoms with Crippen molar-refractivity contribution in [3.63, 3.8) is 0 Å². The largest absolute Gasteiger partial charge is 0.366 e. The van der Waals surface area contributed by atoms with E-state index in [2.05, 4.69) is 4.98 Å². The Balaban J connectivity index is 2.74. The van der Waals surface area contributed by atoms with Crippen LogP contribution in [0.1, 0.15) is 44.8 Å². The summed E-state index contributed by atoms with van der Waals surface area (Å²) in [6.07, 6.45) is 5.29. The second-order valence-electron chi connectivity index (χ2n) is 3.75. The number of carbonyl (C=O) groups excluding carboxylic acids is 1. The van der Waals surface area contributed by atoms with Crippen LogP contribution in [0.4, 0.5) is 0 Å². The van der Waals surface area contributed by atoms with E-state index in [4.69, 9.17) is 4.74 Å². The van der Waals surface area contributed by atoms with Gasteiger partial charge in [0, 0.05) is 31.0 Å². The number of aromatic nitrogens is 1. The zero-order valence-electron chi connectivity index (χ0n) is 9.98. The summed E-state index contributed by atoms with van der Waals surface area (Å²) >= 11 is 0. The Morgan fingerprint density at radius 1 is 1.44 bits per heavy atom. The molecule has 3 nitrogen and oxygen atoms in total. The third kappa shape index (κ3) is 3.74. The summed E-state index contributed by atoms with van der Waals surface area (Å²) in [6, 6.07) is 3.72. The van der Waals surface area contributed by atoms with Crippen molar-refractivity contribution in [3.05, 3.63) is 30.1 Å². The average Bonchev–Trinajstić information content (AvgIpc) is 2.31. The molecule has 1 unspecified atom stereocenters. The van der Waals surface area contributed by atoms with Gasteiger partial charge in [-0.25, -0.2) is 0 Å². The van der Waals surface area contributed by atoms with Crippen LogP contribution in [0.5, 0.6) is 0 Å². The summed E-state index contributed by atoms with van der Waals surface area (Å²) in [7, 11) is 0. The molecule has 1 rings (SSSR count). The molecule has 0 N–H and O–H groups in total. The summed E-state index contributed by atoms with van der Waals surface area (Å²) in [6.45, 7) is 4.64. The van der Waals surface area contributed by atoms with Crippen molar-refractivity contribution in [2.75, 3.05) is 6.61 Å². The molecule has 1 atom stereocenters. The van der Waals surface area contributed by atoms with Gasteiger partial charge in [-0.15, -0.1) is 0 Å². The van der Waals surface area contributed by atoms with Crippen LogP contribution in [0, 0.1) is 0 Å². The molecular weight excluding hydrogens is 202 g/mol. The minimum Gasteiger partial charge on any atom is -0.366 e. The summed E-state index contributed by atoms with van der Waals surface area (Å²) in [5, 5.41) is 0. The van der Waals surface area contributed by atoms with E-state index in [-0.39, 0.29) is 5.78 Å². The minimum absolute atomic E-state index is 0.143. The lowest BCUT2D eigenvalue weighted by molar-refractivity contribution is -0.131. The number of carbonyl (C=O) groups is 1. The Morgan fingerprint density at radius 2 is 2.25 bits per heavy atom. The molecule has 0 saturated heterocycles. The number of ketones is 1. The van der Waals surface area contributed by atoms with Gasteiger partial charge in [-0.1, -0.05) is 19.9 Å². The minimum atomic E-state index is -0.436. The topological polar surface area (TPSA) is 39.2 Å². The van der Waals surface area contributed by atoms with Crippen LogP contribution < -0.4 is 0 Å². The molecule has 0 aliphatic heterocycles. The fourth-order valence-electron chi connectivity index (χ4n) is 1.52. The maximum atomic E-state index is 11.9. The average molecular weight is 221 g/mol. The summed E-state index contributed by atoms with van der Waals surface area (Å²) in [4.78, 5) is 15.9.